The van der Waals surface area contributed by atoms with Crippen LogP contribution in [-0.4, -0.2) is 46.2 Å². The summed E-state index contributed by atoms with van der Waals surface area (Å²) < 4.78 is 38.9. The van der Waals surface area contributed by atoms with Crippen LogP contribution in [-0.2, 0) is 19.6 Å². The molecule has 0 atom stereocenters. The molecule has 0 aliphatic carbocycles. The molecule has 0 rings (SSSR count). The van der Waals surface area contributed by atoms with Crippen LogP contribution in [0.25, 0.3) is 0 Å². The van der Waals surface area contributed by atoms with E-state index in [1.54, 1.807) is 0 Å². The molecule has 0 bridgehead atoms. The SMILES string of the molecule is COCC(COC)CS(=O)(=O)O. The van der Waals surface area contributed by atoms with Crippen molar-refractivity contribution in [1.29, 1.82) is 0 Å². The highest BCUT2D eigenvalue weighted by Gasteiger charge is 2.16. The van der Waals surface area contributed by atoms with Crippen LogP contribution in [0.15, 0.2) is 0 Å². The van der Waals surface area contributed by atoms with Crippen molar-refractivity contribution >= 4 is 10.1 Å². The molecule has 0 fully saturated rings. The topological polar surface area (TPSA) is 72.8 Å². The molecule has 0 aromatic carbocycles. The van der Waals surface area contributed by atoms with Crippen molar-refractivity contribution in [2.75, 3.05) is 33.2 Å². The molecule has 0 heterocycles. The van der Waals surface area contributed by atoms with E-state index >= 15 is 0 Å². The molecule has 0 unspecified atom stereocenters. The summed E-state index contributed by atoms with van der Waals surface area (Å²) in [6, 6.07) is 0. The molecular weight excluding hydrogens is 184 g/mol. The molecule has 12 heavy (non-hydrogen) atoms. The number of ether oxygens (including phenoxy) is 2. The zero-order valence-electron chi connectivity index (χ0n) is 7.19. The van der Waals surface area contributed by atoms with E-state index < -0.39 is 10.1 Å². The Hall–Kier alpha value is -0.170. The molecule has 6 heteroatoms. The minimum Gasteiger partial charge on any atom is -0.384 e. The second-order valence-corrected chi connectivity index (χ2v) is 4.02. The second kappa shape index (κ2) is 5.47. The minimum atomic E-state index is -3.93. The maximum absolute atomic E-state index is 10.4. The normalized spacial score (nSPS) is 12.3. The lowest BCUT2D eigenvalue weighted by atomic mass is 10.2. The fourth-order valence-electron chi connectivity index (χ4n) is 0.914. The van der Waals surface area contributed by atoms with E-state index in [1.165, 1.54) is 14.2 Å². The van der Waals surface area contributed by atoms with Gasteiger partial charge in [-0.2, -0.15) is 8.42 Å². The first kappa shape index (κ1) is 11.8. The van der Waals surface area contributed by atoms with Crippen molar-refractivity contribution in [3.05, 3.63) is 0 Å². The van der Waals surface area contributed by atoms with Crippen LogP contribution in [0.4, 0.5) is 0 Å². The van der Waals surface area contributed by atoms with Crippen molar-refractivity contribution < 1.29 is 22.4 Å². The van der Waals surface area contributed by atoms with E-state index in [4.69, 9.17) is 14.0 Å². The van der Waals surface area contributed by atoms with Crippen LogP contribution < -0.4 is 0 Å². The largest absolute Gasteiger partial charge is 0.384 e. The summed E-state index contributed by atoms with van der Waals surface area (Å²) in [7, 11) is -0.998. The Morgan fingerprint density at radius 1 is 1.25 bits per heavy atom. The summed E-state index contributed by atoms with van der Waals surface area (Å²) in [5.74, 6) is -0.635. The first-order valence-corrected chi connectivity index (χ1v) is 5.03. The van der Waals surface area contributed by atoms with E-state index in [-0.39, 0.29) is 24.9 Å². The lowest BCUT2D eigenvalue weighted by molar-refractivity contribution is 0.0937. The Bertz CT molecular complexity index is 192. The molecule has 0 spiro atoms. The van der Waals surface area contributed by atoms with Gasteiger partial charge in [-0.3, -0.25) is 4.55 Å². The van der Waals surface area contributed by atoms with E-state index in [0.717, 1.165) is 0 Å². The molecule has 0 aromatic heterocycles. The number of hydrogen-bond donors (Lipinski definition) is 1. The quantitative estimate of drug-likeness (QED) is 0.597. The first-order chi connectivity index (χ1) is 5.49. The van der Waals surface area contributed by atoms with Gasteiger partial charge in [-0.1, -0.05) is 0 Å². The van der Waals surface area contributed by atoms with Gasteiger partial charge in [-0.25, -0.2) is 0 Å². The molecule has 0 saturated heterocycles. The van der Waals surface area contributed by atoms with E-state index in [1.807, 2.05) is 0 Å². The van der Waals surface area contributed by atoms with E-state index in [2.05, 4.69) is 0 Å². The van der Waals surface area contributed by atoms with Crippen molar-refractivity contribution in [1.82, 2.24) is 0 Å². The van der Waals surface area contributed by atoms with Crippen LogP contribution in [0.5, 0.6) is 0 Å². The second-order valence-electron chi connectivity index (χ2n) is 2.53. The number of methoxy groups -OCH3 is 2. The fraction of sp³-hybridized carbons (Fsp3) is 1.00. The third kappa shape index (κ3) is 6.53. The highest BCUT2D eigenvalue weighted by atomic mass is 32.2. The van der Waals surface area contributed by atoms with Gasteiger partial charge < -0.3 is 9.47 Å². The third-order valence-electron chi connectivity index (χ3n) is 1.25. The molecule has 0 amide bonds. The van der Waals surface area contributed by atoms with Gasteiger partial charge in [0.15, 0.2) is 0 Å². The lowest BCUT2D eigenvalue weighted by Crippen LogP contribution is -2.23. The summed E-state index contributed by atoms with van der Waals surface area (Å²) in [5.41, 5.74) is 0. The van der Waals surface area contributed by atoms with Crippen molar-refractivity contribution in [3.8, 4) is 0 Å². The molecular formula is C6H14O5S. The Balaban J connectivity index is 3.95. The van der Waals surface area contributed by atoms with Gasteiger partial charge in [0, 0.05) is 20.1 Å². The van der Waals surface area contributed by atoms with Crippen molar-refractivity contribution in [2.24, 2.45) is 5.92 Å². The van der Waals surface area contributed by atoms with Gasteiger partial charge in [-0.05, 0) is 0 Å². The minimum absolute atomic E-state index is 0.258. The fourth-order valence-corrected chi connectivity index (χ4v) is 1.70. The van der Waals surface area contributed by atoms with Crippen molar-refractivity contribution in [2.45, 2.75) is 0 Å². The molecule has 0 aromatic rings. The molecule has 0 aliphatic rings. The smallest absolute Gasteiger partial charge is 0.265 e. The molecule has 5 nitrogen and oxygen atoms in total. The van der Waals surface area contributed by atoms with Gasteiger partial charge in [0.25, 0.3) is 10.1 Å². The maximum Gasteiger partial charge on any atom is 0.265 e. The zero-order valence-corrected chi connectivity index (χ0v) is 8.00. The summed E-state index contributed by atoms with van der Waals surface area (Å²) in [5, 5.41) is 0. The molecule has 1 N–H and O–H groups in total. The predicted octanol–water partition coefficient (Wildman–Crippen LogP) is -0.217. The summed E-state index contributed by atoms with van der Waals surface area (Å²) in [4.78, 5) is 0. The molecule has 0 aliphatic heterocycles. The van der Waals surface area contributed by atoms with Crippen LogP contribution in [0.2, 0.25) is 0 Å². The highest BCUT2D eigenvalue weighted by molar-refractivity contribution is 7.85. The van der Waals surface area contributed by atoms with Crippen LogP contribution >= 0.6 is 0 Å². The summed E-state index contributed by atoms with van der Waals surface area (Å²) >= 11 is 0. The summed E-state index contributed by atoms with van der Waals surface area (Å²) in [6.45, 7) is 0.515. The van der Waals surface area contributed by atoms with Gasteiger partial charge in [0.2, 0.25) is 0 Å². The van der Waals surface area contributed by atoms with Gasteiger partial charge in [-0.15, -0.1) is 0 Å². The van der Waals surface area contributed by atoms with Gasteiger partial charge >= 0.3 is 0 Å². The Kier molecular flexibility index (Phi) is 5.39. The monoisotopic (exact) mass is 198 g/mol. The molecule has 74 valence electrons. The van der Waals surface area contributed by atoms with E-state index in [0.29, 0.717) is 0 Å². The van der Waals surface area contributed by atoms with Crippen molar-refractivity contribution in [3.63, 3.8) is 0 Å². The van der Waals surface area contributed by atoms with E-state index in [9.17, 15) is 8.42 Å². The Morgan fingerprint density at radius 3 is 1.92 bits per heavy atom. The first-order valence-electron chi connectivity index (χ1n) is 3.42. The summed E-state index contributed by atoms with van der Waals surface area (Å²) in [6.07, 6.45) is 0. The Morgan fingerprint density at radius 2 is 1.67 bits per heavy atom. The van der Waals surface area contributed by atoms with Crippen LogP contribution in [0.3, 0.4) is 0 Å². The highest BCUT2D eigenvalue weighted by Crippen LogP contribution is 2.01. The predicted molar refractivity (Wildman–Crippen MR) is 43.7 cm³/mol. The third-order valence-corrected chi connectivity index (χ3v) is 2.14. The van der Waals surface area contributed by atoms with Gasteiger partial charge in [0.1, 0.15) is 0 Å². The number of rotatable bonds is 6. The van der Waals surface area contributed by atoms with Crippen LogP contribution in [0, 0.1) is 5.92 Å². The Labute approximate surface area is 72.4 Å². The average molecular weight is 198 g/mol. The standard InChI is InChI=1S/C6H14O5S/c1-10-3-6(4-11-2)5-12(7,8)9/h6H,3-5H2,1-2H3,(H,7,8,9). The zero-order chi connectivity index (χ0) is 9.61. The van der Waals surface area contributed by atoms with Crippen LogP contribution in [0.1, 0.15) is 0 Å². The number of hydrogen-bond acceptors (Lipinski definition) is 4. The maximum atomic E-state index is 10.4. The lowest BCUT2D eigenvalue weighted by Gasteiger charge is -2.12. The van der Waals surface area contributed by atoms with Gasteiger partial charge in [0.05, 0.1) is 19.0 Å². The molecule has 0 radical (unpaired) electrons. The average Bonchev–Trinajstić information content (AvgIpc) is 1.84. The molecule has 0 saturated carbocycles.